The maximum Gasteiger partial charge on any atom is 0.205 e. The maximum absolute atomic E-state index is 10.2. The van der Waals surface area contributed by atoms with Gasteiger partial charge in [0.05, 0.1) is 5.91 Å². The third-order valence-electron chi connectivity index (χ3n) is 0.522. The minimum atomic E-state index is -0.109. The van der Waals surface area contributed by atoms with Gasteiger partial charge >= 0.3 is 0 Å². The predicted molar refractivity (Wildman–Crippen MR) is 56.8 cm³/mol. The monoisotopic (exact) mass is 938 g/mol. The molecule has 0 saturated carbocycles. The van der Waals surface area contributed by atoms with E-state index in [0.29, 0.717) is 0 Å². The second-order valence-electron chi connectivity index (χ2n) is 1.27. The standard InChI is InChI=1S/C4H9N2O.C2H3N.CH5N.CHO.4W/c1-5-3-4(7)6-2;1-3-2;2*1-2;;;;/h3,5H,1-2H3,(H,6,7);1H3;2H2,1H3;1H;;;;/q-1;;;-1;;;;. The number of amides is 1. The summed E-state index contributed by atoms with van der Waals surface area (Å²) >= 11 is 0. The Bertz CT molecular complexity index is 148. The third kappa shape index (κ3) is 118. The molecule has 0 aromatic heterocycles. The second-order valence-corrected chi connectivity index (χ2v) is 1.27. The number of carbonyl (C=O) groups is 1. The van der Waals surface area contributed by atoms with Gasteiger partial charge < -0.3 is 30.8 Å². The van der Waals surface area contributed by atoms with Crippen LogP contribution in [-0.2, 0) is 93.9 Å². The molecular formula is C8H18N4O2W4-2. The first-order valence-electron chi connectivity index (χ1n) is 3.52. The summed E-state index contributed by atoms with van der Waals surface area (Å²) in [5, 5.41) is 4.99. The van der Waals surface area contributed by atoms with Crippen LogP contribution < -0.4 is 16.4 Å². The number of nitrogens with two attached hydrogens (primary N) is 1. The molecule has 0 aromatic rings. The van der Waals surface area contributed by atoms with Crippen molar-refractivity contribution in [3.63, 3.8) is 0 Å². The van der Waals surface area contributed by atoms with Crippen LogP contribution in [-0.4, -0.2) is 40.9 Å². The van der Waals surface area contributed by atoms with Crippen LogP contribution in [0.1, 0.15) is 0 Å². The predicted octanol–water partition coefficient (Wildman–Crippen LogP) is -1.06. The Labute approximate surface area is 167 Å². The first-order chi connectivity index (χ1) is 6.72. The first-order valence-corrected chi connectivity index (χ1v) is 3.52. The number of hydrogen-bond acceptors (Lipinski definition) is 4. The summed E-state index contributed by atoms with van der Waals surface area (Å²) in [4.78, 5) is 20.7. The van der Waals surface area contributed by atoms with Crippen LogP contribution in [0, 0.1) is 13.1 Å². The number of hydrogen-bond donors (Lipinski definition) is 3. The summed E-state index contributed by atoms with van der Waals surface area (Å²) in [5.74, 6) is -0.109. The van der Waals surface area contributed by atoms with Crippen molar-refractivity contribution in [3.05, 3.63) is 18.0 Å². The van der Waals surface area contributed by atoms with E-state index in [4.69, 9.17) is 11.4 Å². The number of rotatable bonds is 2. The summed E-state index contributed by atoms with van der Waals surface area (Å²) in [5.41, 5.74) is 4.50. The van der Waals surface area contributed by atoms with Crippen molar-refractivity contribution in [2.75, 3.05) is 28.2 Å². The normalized spacial score (nSPS) is 4.00. The van der Waals surface area contributed by atoms with Gasteiger partial charge in [-0.15, -0.1) is 0 Å². The zero-order valence-corrected chi connectivity index (χ0v) is 22.4. The molecule has 18 heavy (non-hydrogen) atoms. The molecule has 0 aliphatic rings. The molecule has 0 saturated heterocycles. The first kappa shape index (κ1) is 50.7. The van der Waals surface area contributed by atoms with E-state index in [1.165, 1.54) is 20.6 Å². The van der Waals surface area contributed by atoms with E-state index in [1.54, 1.807) is 14.1 Å². The van der Waals surface area contributed by atoms with Crippen LogP contribution in [0.5, 0.6) is 0 Å². The Hall–Kier alpha value is 1.17. The van der Waals surface area contributed by atoms with E-state index >= 15 is 0 Å². The van der Waals surface area contributed by atoms with Crippen molar-refractivity contribution in [3.8, 4) is 0 Å². The molecule has 0 aliphatic heterocycles. The second kappa shape index (κ2) is 80.2. The van der Waals surface area contributed by atoms with Gasteiger partial charge in [-0.05, 0) is 14.1 Å². The molecule has 0 bridgehead atoms. The molecule has 0 heterocycles. The molecule has 1 amide bonds. The maximum atomic E-state index is 10.2. The summed E-state index contributed by atoms with van der Waals surface area (Å²) in [6.45, 7) is 10.4. The van der Waals surface area contributed by atoms with Gasteiger partial charge in [-0.1, -0.05) is 0 Å². The summed E-state index contributed by atoms with van der Waals surface area (Å²) < 4.78 is 0. The van der Waals surface area contributed by atoms with Gasteiger partial charge in [-0.3, -0.25) is 6.79 Å². The minimum Gasteiger partial charge on any atom is -0.545 e. The van der Waals surface area contributed by atoms with E-state index in [9.17, 15) is 4.79 Å². The topological polar surface area (TPSA) is 88.6 Å². The average Bonchev–Trinajstić information content (AvgIpc) is 2.25. The SMILES string of the molecule is CN.CN[CH-]C(=O)NC.[C-]#[N+]C.[CH-]=O.[W].[W].[W].[W]. The Kier molecular flexibility index (Phi) is 226. The van der Waals surface area contributed by atoms with Crippen molar-refractivity contribution in [1.82, 2.24) is 10.6 Å². The molecule has 0 aromatic carbocycles. The van der Waals surface area contributed by atoms with Crippen molar-refractivity contribution in [1.29, 1.82) is 0 Å². The zero-order valence-electron chi connectivity index (χ0n) is 10.6. The van der Waals surface area contributed by atoms with Crippen LogP contribution in [0.15, 0.2) is 0 Å². The quantitative estimate of drug-likeness (QED) is 0.244. The fourth-order valence-corrected chi connectivity index (χ4v) is 0.203. The minimum absolute atomic E-state index is 0. The van der Waals surface area contributed by atoms with E-state index in [-0.39, 0.29) is 90.2 Å². The van der Waals surface area contributed by atoms with E-state index in [2.05, 4.69) is 28.0 Å². The fraction of sp³-hybridized carbons (Fsp3) is 0.500. The van der Waals surface area contributed by atoms with Crippen LogP contribution in [0.2, 0.25) is 0 Å². The summed E-state index contributed by atoms with van der Waals surface area (Å²) in [7, 11) is 6.17. The Morgan fingerprint density at radius 3 is 1.44 bits per heavy atom. The van der Waals surface area contributed by atoms with Crippen molar-refractivity contribution < 1.29 is 93.9 Å². The molecule has 0 rings (SSSR count). The van der Waals surface area contributed by atoms with E-state index < -0.39 is 0 Å². The van der Waals surface area contributed by atoms with Gasteiger partial charge in [-0.25, -0.2) is 13.1 Å². The Morgan fingerprint density at radius 1 is 1.17 bits per heavy atom. The van der Waals surface area contributed by atoms with Gasteiger partial charge in [0.15, 0.2) is 0 Å². The Morgan fingerprint density at radius 2 is 1.39 bits per heavy atom. The number of carbonyl (C=O) groups excluding carboxylic acids is 2. The zero-order chi connectivity index (χ0) is 12.4. The Balaban J connectivity index is -0.0000000134. The van der Waals surface area contributed by atoms with E-state index in [1.807, 2.05) is 0 Å². The van der Waals surface area contributed by atoms with Gasteiger partial charge in [0.25, 0.3) is 0 Å². The number of likely N-dealkylation sites (N-methyl/N-ethyl adjacent to an activating group) is 2. The molecule has 0 radical (unpaired) electrons. The van der Waals surface area contributed by atoms with Crippen molar-refractivity contribution in [2.24, 2.45) is 5.73 Å². The third-order valence-corrected chi connectivity index (χ3v) is 0.522. The summed E-state index contributed by atoms with van der Waals surface area (Å²) in [6.07, 6.45) is 0. The number of nitrogens with zero attached hydrogens (tertiary/aromatic N) is 1. The molecular weight excluding hydrogens is 919 g/mol. The van der Waals surface area contributed by atoms with Crippen molar-refractivity contribution in [2.45, 2.75) is 0 Å². The van der Waals surface area contributed by atoms with Gasteiger partial charge in [0.1, 0.15) is 0 Å². The largest absolute Gasteiger partial charge is 0.545 e. The molecule has 0 spiro atoms. The van der Waals surface area contributed by atoms with Gasteiger partial charge in [0, 0.05) is 91.3 Å². The molecule has 0 aliphatic carbocycles. The van der Waals surface area contributed by atoms with Crippen LogP contribution >= 0.6 is 0 Å². The molecule has 10 heteroatoms. The van der Waals surface area contributed by atoms with Crippen LogP contribution in [0.4, 0.5) is 0 Å². The molecule has 108 valence electrons. The van der Waals surface area contributed by atoms with Gasteiger partial charge in [0.2, 0.25) is 7.05 Å². The molecule has 4 N–H and O–H groups in total. The molecule has 0 unspecified atom stereocenters. The average molecular weight is 938 g/mol. The molecule has 6 nitrogen and oxygen atoms in total. The molecule has 0 atom stereocenters. The fourth-order valence-electron chi connectivity index (χ4n) is 0.203. The van der Waals surface area contributed by atoms with Crippen LogP contribution in [0.25, 0.3) is 4.85 Å². The summed E-state index contributed by atoms with van der Waals surface area (Å²) in [6, 6.07) is 0. The van der Waals surface area contributed by atoms with Gasteiger partial charge in [-0.2, -0.15) is 0 Å². The van der Waals surface area contributed by atoms with Crippen LogP contribution in [0.3, 0.4) is 0 Å². The molecule has 0 fully saturated rings. The smallest absolute Gasteiger partial charge is 0.205 e. The van der Waals surface area contributed by atoms with Crippen molar-refractivity contribution >= 4 is 12.7 Å². The van der Waals surface area contributed by atoms with E-state index in [0.717, 1.165) is 0 Å². The number of nitrogens with one attached hydrogen (secondary N) is 2.